The Bertz CT molecular complexity index is 209. The Hall–Kier alpha value is -0.120. The first-order chi connectivity index (χ1) is 8.69. The molecule has 2 unspecified atom stereocenters. The summed E-state index contributed by atoms with van der Waals surface area (Å²) in [5.74, 6) is 0.940. The third-order valence-corrected chi connectivity index (χ3v) is 4.22. The molecule has 18 heavy (non-hydrogen) atoms. The van der Waals surface area contributed by atoms with E-state index in [1.807, 2.05) is 0 Å². The van der Waals surface area contributed by atoms with E-state index in [4.69, 9.17) is 10.5 Å². The van der Waals surface area contributed by atoms with Gasteiger partial charge in [0.2, 0.25) is 0 Å². The summed E-state index contributed by atoms with van der Waals surface area (Å²) in [5, 5.41) is 0. The van der Waals surface area contributed by atoms with Gasteiger partial charge in [0.15, 0.2) is 0 Å². The van der Waals surface area contributed by atoms with E-state index >= 15 is 0 Å². The highest BCUT2D eigenvalue weighted by Gasteiger charge is 2.27. The van der Waals surface area contributed by atoms with Gasteiger partial charge in [0, 0.05) is 25.2 Å². The molecule has 0 amide bonds. The van der Waals surface area contributed by atoms with Crippen LogP contribution in [0.4, 0.5) is 0 Å². The van der Waals surface area contributed by atoms with E-state index in [-0.39, 0.29) is 0 Å². The van der Waals surface area contributed by atoms with E-state index in [2.05, 4.69) is 25.7 Å². The minimum absolute atomic E-state index is 0.618. The van der Waals surface area contributed by atoms with Crippen molar-refractivity contribution in [3.05, 3.63) is 0 Å². The van der Waals surface area contributed by atoms with E-state index in [0.717, 1.165) is 25.1 Å². The molecule has 108 valence electrons. The summed E-state index contributed by atoms with van der Waals surface area (Å²) in [7, 11) is 0. The summed E-state index contributed by atoms with van der Waals surface area (Å²) in [6.45, 7) is 10.1. The average molecular weight is 256 g/mol. The first kappa shape index (κ1) is 15.9. The second-order valence-electron chi connectivity index (χ2n) is 5.83. The van der Waals surface area contributed by atoms with Crippen molar-refractivity contribution in [2.75, 3.05) is 26.3 Å². The fourth-order valence-electron chi connectivity index (χ4n) is 3.15. The van der Waals surface area contributed by atoms with E-state index in [1.165, 1.54) is 32.1 Å². The van der Waals surface area contributed by atoms with Gasteiger partial charge in [-0.25, -0.2) is 0 Å². The van der Waals surface area contributed by atoms with Crippen molar-refractivity contribution < 1.29 is 4.74 Å². The molecular formula is C15H32N2O. The molecule has 1 aliphatic carbocycles. The van der Waals surface area contributed by atoms with E-state index in [1.54, 1.807) is 0 Å². The van der Waals surface area contributed by atoms with Gasteiger partial charge in [0.25, 0.3) is 0 Å². The molecule has 1 fully saturated rings. The summed E-state index contributed by atoms with van der Waals surface area (Å²) < 4.78 is 5.54. The van der Waals surface area contributed by atoms with E-state index in [0.29, 0.717) is 19.2 Å². The normalized spacial score (nSPS) is 25.0. The van der Waals surface area contributed by atoms with Gasteiger partial charge in [-0.3, -0.25) is 4.90 Å². The van der Waals surface area contributed by atoms with Gasteiger partial charge in [-0.05, 0) is 32.6 Å². The molecule has 1 rings (SSSR count). The van der Waals surface area contributed by atoms with Crippen molar-refractivity contribution in [2.24, 2.45) is 11.7 Å². The highest BCUT2D eigenvalue weighted by Crippen LogP contribution is 2.30. The van der Waals surface area contributed by atoms with Crippen molar-refractivity contribution in [3.63, 3.8) is 0 Å². The molecule has 0 aliphatic heterocycles. The lowest BCUT2D eigenvalue weighted by Crippen LogP contribution is -2.44. The summed E-state index contributed by atoms with van der Waals surface area (Å²) in [6.07, 6.45) is 6.92. The predicted octanol–water partition coefficient (Wildman–Crippen LogP) is 2.64. The molecule has 3 heteroatoms. The zero-order valence-electron chi connectivity index (χ0n) is 12.5. The first-order valence-corrected chi connectivity index (χ1v) is 7.72. The molecule has 1 saturated carbocycles. The molecule has 2 N–H and O–H groups in total. The number of nitrogens with two attached hydrogens (primary N) is 1. The van der Waals surface area contributed by atoms with Crippen molar-refractivity contribution in [1.29, 1.82) is 0 Å². The smallest absolute Gasteiger partial charge is 0.0594 e. The topological polar surface area (TPSA) is 38.5 Å². The van der Waals surface area contributed by atoms with Crippen molar-refractivity contribution >= 4 is 0 Å². The van der Waals surface area contributed by atoms with Gasteiger partial charge in [-0.15, -0.1) is 0 Å². The summed E-state index contributed by atoms with van der Waals surface area (Å²) in [6, 6.07) is 1.39. The van der Waals surface area contributed by atoms with Gasteiger partial charge in [0.05, 0.1) is 13.2 Å². The molecule has 1 aliphatic rings. The van der Waals surface area contributed by atoms with Crippen LogP contribution in [0.2, 0.25) is 0 Å². The highest BCUT2D eigenvalue weighted by molar-refractivity contribution is 4.81. The molecule has 0 spiro atoms. The largest absolute Gasteiger partial charge is 0.379 e. The third kappa shape index (κ3) is 5.25. The van der Waals surface area contributed by atoms with Crippen molar-refractivity contribution in [3.8, 4) is 0 Å². The van der Waals surface area contributed by atoms with Crippen LogP contribution in [0.3, 0.4) is 0 Å². The van der Waals surface area contributed by atoms with E-state index < -0.39 is 0 Å². The van der Waals surface area contributed by atoms with Gasteiger partial charge >= 0.3 is 0 Å². The zero-order chi connectivity index (χ0) is 13.4. The molecule has 0 aromatic carbocycles. The van der Waals surface area contributed by atoms with Gasteiger partial charge in [-0.1, -0.05) is 26.2 Å². The highest BCUT2D eigenvalue weighted by atomic mass is 16.5. The summed E-state index contributed by atoms with van der Waals surface area (Å²) in [5.41, 5.74) is 5.45. The molecule has 0 saturated heterocycles. The van der Waals surface area contributed by atoms with Crippen LogP contribution in [0.1, 0.15) is 52.9 Å². The minimum atomic E-state index is 0.618. The summed E-state index contributed by atoms with van der Waals surface area (Å²) in [4.78, 5) is 2.64. The Morgan fingerprint density at radius 3 is 2.67 bits per heavy atom. The molecule has 0 heterocycles. The van der Waals surface area contributed by atoms with Crippen molar-refractivity contribution in [2.45, 2.75) is 65.0 Å². The van der Waals surface area contributed by atoms with Crippen LogP contribution in [0, 0.1) is 5.92 Å². The number of nitrogens with zero attached hydrogens (tertiary/aromatic N) is 1. The minimum Gasteiger partial charge on any atom is -0.379 e. The van der Waals surface area contributed by atoms with Gasteiger partial charge < -0.3 is 10.5 Å². The maximum Gasteiger partial charge on any atom is 0.0594 e. The Morgan fingerprint density at radius 1 is 1.28 bits per heavy atom. The Kier molecular flexibility index (Phi) is 7.87. The Labute approximate surface area is 113 Å². The van der Waals surface area contributed by atoms with Crippen LogP contribution in [-0.2, 0) is 4.74 Å². The Morgan fingerprint density at radius 2 is 2.06 bits per heavy atom. The third-order valence-electron chi connectivity index (χ3n) is 4.22. The second-order valence-corrected chi connectivity index (χ2v) is 5.83. The van der Waals surface area contributed by atoms with Crippen LogP contribution in [0.15, 0.2) is 0 Å². The zero-order valence-corrected chi connectivity index (χ0v) is 12.5. The van der Waals surface area contributed by atoms with Crippen LogP contribution in [0.25, 0.3) is 0 Å². The fourth-order valence-corrected chi connectivity index (χ4v) is 3.15. The number of rotatable bonds is 8. The monoisotopic (exact) mass is 256 g/mol. The molecule has 0 bridgehead atoms. The lowest BCUT2D eigenvalue weighted by molar-refractivity contribution is 0.0519. The number of hydrogen-bond acceptors (Lipinski definition) is 3. The number of hydrogen-bond donors (Lipinski definition) is 1. The van der Waals surface area contributed by atoms with Crippen LogP contribution >= 0.6 is 0 Å². The van der Waals surface area contributed by atoms with Crippen LogP contribution in [-0.4, -0.2) is 43.3 Å². The maximum atomic E-state index is 5.54. The molecule has 0 radical (unpaired) electrons. The quantitative estimate of drug-likeness (QED) is 0.679. The summed E-state index contributed by atoms with van der Waals surface area (Å²) >= 11 is 0. The number of ether oxygens (including phenoxy) is 1. The maximum absolute atomic E-state index is 5.54. The SMILES string of the molecule is CCC1CCCC(N(CCOCCN)C(C)C)C1. The lowest BCUT2D eigenvalue weighted by Gasteiger charge is -2.39. The fraction of sp³-hybridized carbons (Fsp3) is 1.00. The molecular weight excluding hydrogens is 224 g/mol. The molecule has 3 nitrogen and oxygen atoms in total. The van der Waals surface area contributed by atoms with Crippen molar-refractivity contribution in [1.82, 2.24) is 4.90 Å². The van der Waals surface area contributed by atoms with Gasteiger partial charge in [-0.2, -0.15) is 0 Å². The van der Waals surface area contributed by atoms with Crippen LogP contribution in [0.5, 0.6) is 0 Å². The molecule has 2 atom stereocenters. The van der Waals surface area contributed by atoms with E-state index in [9.17, 15) is 0 Å². The van der Waals surface area contributed by atoms with Crippen LogP contribution < -0.4 is 5.73 Å². The van der Waals surface area contributed by atoms with Gasteiger partial charge in [0.1, 0.15) is 0 Å². The first-order valence-electron chi connectivity index (χ1n) is 7.72. The molecule has 0 aromatic heterocycles. The average Bonchev–Trinajstić information content (AvgIpc) is 2.38. The standard InChI is InChI=1S/C15H32N2O/c1-4-14-6-5-7-15(12-14)17(13(2)3)9-11-18-10-8-16/h13-15H,4-12,16H2,1-3H3. The predicted molar refractivity (Wildman–Crippen MR) is 77.8 cm³/mol. The second kappa shape index (κ2) is 8.89. The molecule has 0 aromatic rings. The Balaban J connectivity index is 2.39. The lowest BCUT2D eigenvalue weighted by atomic mass is 9.83.